The largest absolute Gasteiger partial charge is 0.456 e. The Balaban J connectivity index is 0.938. The van der Waals surface area contributed by atoms with Gasteiger partial charge in [0.05, 0.1) is 0 Å². The molecule has 0 saturated heterocycles. The summed E-state index contributed by atoms with van der Waals surface area (Å²) in [5.74, 6) is 1.93. The molecule has 56 heavy (non-hydrogen) atoms. The molecule has 0 saturated carbocycles. The first-order valence-electron chi connectivity index (χ1n) is 18.7. The van der Waals surface area contributed by atoms with Gasteiger partial charge >= 0.3 is 0 Å². The van der Waals surface area contributed by atoms with Gasteiger partial charge in [0.25, 0.3) is 0 Å². The van der Waals surface area contributed by atoms with Crippen molar-refractivity contribution in [2.75, 3.05) is 0 Å². The summed E-state index contributed by atoms with van der Waals surface area (Å²) in [4.78, 5) is 14.6. The Morgan fingerprint density at radius 3 is 1.48 bits per heavy atom. The topological polar surface area (TPSA) is 51.8 Å². The smallest absolute Gasteiger partial charge is 0.164 e. The van der Waals surface area contributed by atoms with Crippen LogP contribution in [0.1, 0.15) is 0 Å². The zero-order valence-electron chi connectivity index (χ0n) is 30.1. The van der Waals surface area contributed by atoms with E-state index in [2.05, 4.69) is 127 Å². The molecular formula is C51H31N3OS. The molecular weight excluding hydrogens is 703 g/mol. The van der Waals surface area contributed by atoms with Crippen molar-refractivity contribution in [2.45, 2.75) is 0 Å². The van der Waals surface area contributed by atoms with Crippen molar-refractivity contribution in [2.24, 2.45) is 0 Å². The van der Waals surface area contributed by atoms with Crippen LogP contribution in [0.3, 0.4) is 0 Å². The van der Waals surface area contributed by atoms with Gasteiger partial charge in [-0.1, -0.05) is 158 Å². The van der Waals surface area contributed by atoms with Crippen LogP contribution in [-0.4, -0.2) is 15.0 Å². The van der Waals surface area contributed by atoms with E-state index in [1.807, 2.05) is 72.0 Å². The number of fused-ring (bicyclic) bond motifs is 6. The molecule has 0 bridgehead atoms. The van der Waals surface area contributed by atoms with Crippen molar-refractivity contribution in [3.05, 3.63) is 188 Å². The normalized spacial score (nSPS) is 11.6. The minimum absolute atomic E-state index is 0.634. The van der Waals surface area contributed by atoms with Crippen molar-refractivity contribution >= 4 is 53.4 Å². The van der Waals surface area contributed by atoms with Crippen LogP contribution in [0.5, 0.6) is 0 Å². The molecule has 0 amide bonds. The van der Waals surface area contributed by atoms with Crippen molar-refractivity contribution in [1.29, 1.82) is 0 Å². The molecule has 0 aliphatic carbocycles. The van der Waals surface area contributed by atoms with Crippen LogP contribution in [0.2, 0.25) is 0 Å². The fraction of sp³-hybridized carbons (Fsp3) is 0. The van der Waals surface area contributed by atoms with Gasteiger partial charge in [0.2, 0.25) is 0 Å². The third kappa shape index (κ3) is 5.56. The molecule has 8 aromatic carbocycles. The Morgan fingerprint density at radius 1 is 0.321 bits per heavy atom. The number of rotatable bonds is 6. The average Bonchev–Trinajstić information content (AvgIpc) is 3.85. The molecule has 3 heterocycles. The predicted octanol–water partition coefficient (Wildman–Crippen LogP) is 14.1. The molecule has 0 N–H and O–H groups in total. The lowest BCUT2D eigenvalue weighted by Crippen LogP contribution is -2.00. The maximum absolute atomic E-state index is 6.61. The highest BCUT2D eigenvalue weighted by molar-refractivity contribution is 7.26. The summed E-state index contributed by atoms with van der Waals surface area (Å²) in [6, 6.07) is 65.7. The van der Waals surface area contributed by atoms with Crippen LogP contribution in [0, 0.1) is 0 Å². The lowest BCUT2D eigenvalue weighted by atomic mass is 9.93. The summed E-state index contributed by atoms with van der Waals surface area (Å²) in [6.45, 7) is 0. The van der Waals surface area contributed by atoms with Gasteiger partial charge in [0, 0.05) is 53.2 Å². The Morgan fingerprint density at radius 2 is 0.804 bits per heavy atom. The number of aromatic nitrogens is 3. The minimum Gasteiger partial charge on any atom is -0.456 e. The van der Waals surface area contributed by atoms with Crippen molar-refractivity contribution in [1.82, 2.24) is 15.0 Å². The molecule has 0 radical (unpaired) electrons. The molecule has 11 rings (SSSR count). The van der Waals surface area contributed by atoms with E-state index in [1.54, 1.807) is 0 Å². The molecule has 262 valence electrons. The molecule has 0 atom stereocenters. The number of nitrogens with zero attached hydrogens (tertiary/aromatic N) is 3. The SMILES string of the molecule is c1ccc(-c2nc(-c3ccccc3)nc(-c3ccc(-c4ccc5c(c4)oc4cc(-c6ccccc6-c6cccc7c6sc6ccccc67)ccc45)cc3)n2)cc1. The van der Waals surface area contributed by atoms with Crippen LogP contribution in [-0.2, 0) is 0 Å². The lowest BCUT2D eigenvalue weighted by Gasteiger charge is -2.11. The van der Waals surface area contributed by atoms with Crippen molar-refractivity contribution < 1.29 is 4.42 Å². The fourth-order valence-corrected chi connectivity index (χ4v) is 9.03. The summed E-state index contributed by atoms with van der Waals surface area (Å²) in [6.07, 6.45) is 0. The fourth-order valence-electron chi connectivity index (χ4n) is 7.80. The summed E-state index contributed by atoms with van der Waals surface area (Å²) in [5.41, 5.74) is 11.5. The molecule has 0 spiro atoms. The molecule has 0 unspecified atom stereocenters. The summed E-state index contributed by atoms with van der Waals surface area (Å²) in [5, 5.41) is 4.81. The van der Waals surface area contributed by atoms with Crippen LogP contribution >= 0.6 is 11.3 Å². The standard InChI is InChI=1S/C51H31N3OS/c1-3-12-33(13-4-1)49-52-50(34-14-5-2-6-15-34)54-51(53-49)35-24-22-32(23-25-35)36-26-28-40-41-29-27-37(31-46(41)55-45(40)30-36)38-16-7-8-17-39(38)43-19-11-20-44-42-18-9-10-21-47(42)56-48(43)44/h1-31H. The maximum atomic E-state index is 6.61. The second-order valence-electron chi connectivity index (χ2n) is 14.0. The van der Waals surface area contributed by atoms with E-state index >= 15 is 0 Å². The Bertz CT molecular complexity index is 3180. The van der Waals surface area contributed by atoms with Gasteiger partial charge in [-0.25, -0.2) is 15.0 Å². The predicted molar refractivity (Wildman–Crippen MR) is 233 cm³/mol. The summed E-state index contributed by atoms with van der Waals surface area (Å²) >= 11 is 1.86. The zero-order valence-corrected chi connectivity index (χ0v) is 30.9. The third-order valence-electron chi connectivity index (χ3n) is 10.6. The lowest BCUT2D eigenvalue weighted by molar-refractivity contribution is 0.669. The Kier molecular flexibility index (Phi) is 7.64. The first-order chi connectivity index (χ1) is 27.7. The molecule has 11 aromatic rings. The maximum Gasteiger partial charge on any atom is 0.164 e. The number of furan rings is 1. The number of hydrogen-bond donors (Lipinski definition) is 0. The number of hydrogen-bond acceptors (Lipinski definition) is 5. The van der Waals surface area contributed by atoms with Crippen LogP contribution < -0.4 is 0 Å². The van der Waals surface area contributed by atoms with E-state index < -0.39 is 0 Å². The molecule has 3 aromatic heterocycles. The second-order valence-corrected chi connectivity index (χ2v) is 15.0. The quantitative estimate of drug-likeness (QED) is 0.171. The number of thiophene rings is 1. The van der Waals surface area contributed by atoms with Crippen LogP contribution in [0.15, 0.2) is 192 Å². The van der Waals surface area contributed by atoms with E-state index in [-0.39, 0.29) is 0 Å². The van der Waals surface area contributed by atoms with Crippen LogP contribution in [0.4, 0.5) is 0 Å². The average molecular weight is 734 g/mol. The molecule has 4 nitrogen and oxygen atoms in total. The summed E-state index contributed by atoms with van der Waals surface area (Å²) < 4.78 is 9.23. The summed E-state index contributed by atoms with van der Waals surface area (Å²) in [7, 11) is 0. The van der Waals surface area contributed by atoms with E-state index in [9.17, 15) is 0 Å². The zero-order chi connectivity index (χ0) is 37.0. The Labute approximate surface area is 327 Å². The molecule has 0 fully saturated rings. The van der Waals surface area contributed by atoms with Crippen LogP contribution in [0.25, 0.3) is 110 Å². The van der Waals surface area contributed by atoms with Gasteiger partial charge in [-0.05, 0) is 58.1 Å². The molecule has 0 aliphatic rings. The highest BCUT2D eigenvalue weighted by Crippen LogP contribution is 2.43. The third-order valence-corrected chi connectivity index (χ3v) is 11.8. The highest BCUT2D eigenvalue weighted by Gasteiger charge is 2.17. The van der Waals surface area contributed by atoms with E-state index in [1.165, 1.54) is 36.9 Å². The van der Waals surface area contributed by atoms with E-state index in [4.69, 9.17) is 19.4 Å². The Hall–Kier alpha value is -7.21. The molecule has 0 aliphatic heterocycles. The first kappa shape index (κ1) is 32.2. The second kappa shape index (κ2) is 13.3. The van der Waals surface area contributed by atoms with Crippen molar-refractivity contribution in [3.63, 3.8) is 0 Å². The highest BCUT2D eigenvalue weighted by atomic mass is 32.1. The number of benzene rings is 8. The van der Waals surface area contributed by atoms with Gasteiger partial charge < -0.3 is 4.42 Å². The first-order valence-corrected chi connectivity index (χ1v) is 19.5. The van der Waals surface area contributed by atoms with Gasteiger partial charge in [-0.3, -0.25) is 0 Å². The molecule has 5 heteroatoms. The van der Waals surface area contributed by atoms with Gasteiger partial charge in [-0.2, -0.15) is 0 Å². The van der Waals surface area contributed by atoms with E-state index in [0.717, 1.165) is 55.3 Å². The minimum atomic E-state index is 0.634. The van der Waals surface area contributed by atoms with Crippen molar-refractivity contribution in [3.8, 4) is 67.5 Å². The van der Waals surface area contributed by atoms with Gasteiger partial charge in [-0.15, -0.1) is 11.3 Å². The van der Waals surface area contributed by atoms with E-state index in [0.29, 0.717) is 17.5 Å². The monoisotopic (exact) mass is 733 g/mol. The van der Waals surface area contributed by atoms with Gasteiger partial charge in [0.1, 0.15) is 11.2 Å². The van der Waals surface area contributed by atoms with Gasteiger partial charge in [0.15, 0.2) is 17.5 Å².